The van der Waals surface area contributed by atoms with Crippen LogP contribution >= 0.6 is 0 Å². The van der Waals surface area contributed by atoms with Crippen molar-refractivity contribution in [3.63, 3.8) is 0 Å². The summed E-state index contributed by atoms with van der Waals surface area (Å²) in [6, 6.07) is 4.71. The third-order valence-electron chi connectivity index (χ3n) is 3.04. The smallest absolute Gasteiger partial charge is 0.386 e. The maximum Gasteiger partial charge on any atom is 0.416 e. The number of carbonyl (C=O) groups is 1. The van der Waals surface area contributed by atoms with Crippen LogP contribution in [-0.2, 0) is 22.1 Å². The van der Waals surface area contributed by atoms with Crippen LogP contribution in [0.1, 0.15) is 24.5 Å². The molecule has 22 heavy (non-hydrogen) atoms. The molecule has 7 heteroatoms. The van der Waals surface area contributed by atoms with Gasteiger partial charge in [-0.05, 0) is 31.0 Å². The summed E-state index contributed by atoms with van der Waals surface area (Å²) < 4.78 is 42.0. The molecule has 0 unspecified atom stereocenters. The number of benzene rings is 1. The number of methoxy groups -OCH3 is 1. The van der Waals surface area contributed by atoms with Crippen LogP contribution in [0, 0.1) is 0 Å². The second kappa shape index (κ2) is 7.60. The van der Waals surface area contributed by atoms with E-state index in [-0.39, 0.29) is 25.5 Å². The third-order valence-corrected chi connectivity index (χ3v) is 3.04. The zero-order valence-corrected chi connectivity index (χ0v) is 12.5. The van der Waals surface area contributed by atoms with E-state index in [1.807, 2.05) is 0 Å². The number of amides is 1. The second-order valence-electron chi connectivity index (χ2n) is 5.40. The normalized spacial score (nSPS) is 14.5. The largest absolute Gasteiger partial charge is 0.416 e. The lowest BCUT2D eigenvalue weighted by atomic mass is 10.1. The highest BCUT2D eigenvalue weighted by atomic mass is 19.4. The molecule has 0 radical (unpaired) electrons. The van der Waals surface area contributed by atoms with Crippen molar-refractivity contribution < 1.29 is 27.8 Å². The number of rotatable bonds is 7. The van der Waals surface area contributed by atoms with Gasteiger partial charge in [0.25, 0.3) is 0 Å². The van der Waals surface area contributed by atoms with Crippen molar-refractivity contribution in [3.8, 4) is 0 Å². The number of alkyl halides is 3. The van der Waals surface area contributed by atoms with Gasteiger partial charge in [0.15, 0.2) is 0 Å². The Morgan fingerprint density at radius 1 is 1.27 bits per heavy atom. The molecule has 124 valence electrons. The summed E-state index contributed by atoms with van der Waals surface area (Å²) in [4.78, 5) is 11.7. The standard InChI is InChI=1S/C15H20F3NO3/c1-14(21,10-22-2)9-19-13(20)8-5-11-3-6-12(7-4-11)15(16,17)18/h3-4,6-7,21H,5,8-10H2,1-2H3,(H,19,20)/t14-/m0/s1. The Kier molecular flexibility index (Phi) is 6.37. The fourth-order valence-corrected chi connectivity index (χ4v) is 1.86. The molecule has 0 aromatic heterocycles. The number of carbonyl (C=O) groups excluding carboxylic acids is 1. The topological polar surface area (TPSA) is 58.6 Å². The van der Waals surface area contributed by atoms with Crippen molar-refractivity contribution in [1.82, 2.24) is 5.32 Å². The summed E-state index contributed by atoms with van der Waals surface area (Å²) in [5.74, 6) is -0.281. The highest BCUT2D eigenvalue weighted by Crippen LogP contribution is 2.29. The van der Waals surface area contributed by atoms with Crippen LogP contribution in [-0.4, -0.2) is 36.9 Å². The maximum absolute atomic E-state index is 12.4. The van der Waals surface area contributed by atoms with Gasteiger partial charge in [-0.2, -0.15) is 13.2 Å². The molecule has 0 aliphatic rings. The molecule has 2 N–H and O–H groups in total. The Hall–Kier alpha value is -1.60. The van der Waals surface area contributed by atoms with Gasteiger partial charge >= 0.3 is 6.18 Å². The molecule has 0 saturated carbocycles. The first-order valence-corrected chi connectivity index (χ1v) is 6.78. The minimum absolute atomic E-state index is 0.0483. The average molecular weight is 319 g/mol. The molecule has 0 spiro atoms. The van der Waals surface area contributed by atoms with E-state index >= 15 is 0 Å². The Morgan fingerprint density at radius 2 is 1.86 bits per heavy atom. The van der Waals surface area contributed by atoms with Crippen LogP contribution in [0.2, 0.25) is 0 Å². The van der Waals surface area contributed by atoms with Crippen molar-refractivity contribution >= 4 is 5.91 Å². The van der Waals surface area contributed by atoms with E-state index in [1.165, 1.54) is 26.2 Å². The van der Waals surface area contributed by atoms with Crippen LogP contribution in [0.5, 0.6) is 0 Å². The van der Waals surface area contributed by atoms with E-state index in [0.717, 1.165) is 12.1 Å². The summed E-state index contributed by atoms with van der Waals surface area (Å²) in [5, 5.41) is 12.4. The molecule has 0 bridgehead atoms. The molecule has 4 nitrogen and oxygen atoms in total. The van der Waals surface area contributed by atoms with E-state index in [9.17, 15) is 23.1 Å². The van der Waals surface area contributed by atoms with Crippen molar-refractivity contribution in [3.05, 3.63) is 35.4 Å². The highest BCUT2D eigenvalue weighted by molar-refractivity contribution is 5.76. The third kappa shape index (κ3) is 6.44. The summed E-state index contributed by atoms with van der Waals surface area (Å²) in [7, 11) is 1.45. The number of halogens is 3. The molecular weight excluding hydrogens is 299 g/mol. The van der Waals surface area contributed by atoms with E-state index in [2.05, 4.69) is 5.32 Å². The summed E-state index contributed by atoms with van der Waals surface area (Å²) in [6.45, 7) is 1.67. The summed E-state index contributed by atoms with van der Waals surface area (Å²) in [5.41, 5.74) is -1.22. The first kappa shape index (κ1) is 18.4. The Balaban J connectivity index is 2.41. The van der Waals surface area contributed by atoms with Gasteiger partial charge in [-0.3, -0.25) is 4.79 Å². The molecule has 0 saturated heterocycles. The van der Waals surface area contributed by atoms with Gasteiger partial charge in [-0.15, -0.1) is 0 Å². The number of aliphatic hydroxyl groups is 1. The van der Waals surface area contributed by atoms with Crippen molar-refractivity contribution in [1.29, 1.82) is 0 Å². The lowest BCUT2D eigenvalue weighted by Gasteiger charge is -2.22. The number of aryl methyl sites for hydroxylation is 1. The highest BCUT2D eigenvalue weighted by Gasteiger charge is 2.29. The van der Waals surface area contributed by atoms with E-state index in [0.29, 0.717) is 12.0 Å². The zero-order valence-electron chi connectivity index (χ0n) is 12.5. The van der Waals surface area contributed by atoms with Gasteiger partial charge in [-0.25, -0.2) is 0 Å². The zero-order chi connectivity index (χ0) is 16.8. The SMILES string of the molecule is COC[C@@](C)(O)CNC(=O)CCc1ccc(C(F)(F)F)cc1. The van der Waals surface area contributed by atoms with Crippen molar-refractivity contribution in [2.75, 3.05) is 20.3 Å². The van der Waals surface area contributed by atoms with Crippen LogP contribution in [0.3, 0.4) is 0 Å². The molecule has 1 amide bonds. The van der Waals surface area contributed by atoms with Crippen LogP contribution in [0.25, 0.3) is 0 Å². The maximum atomic E-state index is 12.4. The quantitative estimate of drug-likeness (QED) is 0.810. The molecule has 0 aliphatic heterocycles. The van der Waals surface area contributed by atoms with Gasteiger partial charge in [0, 0.05) is 20.1 Å². The van der Waals surface area contributed by atoms with E-state index in [4.69, 9.17) is 4.74 Å². The Labute approximate surface area is 127 Å². The fourth-order valence-electron chi connectivity index (χ4n) is 1.86. The lowest BCUT2D eigenvalue weighted by molar-refractivity contribution is -0.137. The molecule has 0 aliphatic carbocycles. The minimum atomic E-state index is -4.36. The average Bonchev–Trinajstić information content (AvgIpc) is 2.42. The number of hydrogen-bond donors (Lipinski definition) is 2. The summed E-state index contributed by atoms with van der Waals surface area (Å²) >= 11 is 0. The monoisotopic (exact) mass is 319 g/mol. The second-order valence-corrected chi connectivity index (χ2v) is 5.40. The van der Waals surface area contributed by atoms with Gasteiger partial charge in [0.05, 0.1) is 12.2 Å². The molecule has 1 aromatic carbocycles. The van der Waals surface area contributed by atoms with Crippen molar-refractivity contribution in [2.45, 2.75) is 31.5 Å². The number of hydrogen-bond acceptors (Lipinski definition) is 3. The molecule has 0 fully saturated rings. The van der Waals surface area contributed by atoms with E-state index < -0.39 is 17.3 Å². The van der Waals surface area contributed by atoms with Gasteiger partial charge < -0.3 is 15.2 Å². The van der Waals surface area contributed by atoms with Gasteiger partial charge in [0.2, 0.25) is 5.91 Å². The predicted molar refractivity (Wildman–Crippen MR) is 75.3 cm³/mol. The fraction of sp³-hybridized carbons (Fsp3) is 0.533. The predicted octanol–water partition coefficient (Wildman–Crippen LogP) is 2.15. The molecular formula is C15H20F3NO3. The van der Waals surface area contributed by atoms with E-state index in [1.54, 1.807) is 0 Å². The number of ether oxygens (including phenoxy) is 1. The van der Waals surface area contributed by atoms with Gasteiger partial charge in [0.1, 0.15) is 5.60 Å². The van der Waals surface area contributed by atoms with Crippen LogP contribution in [0.4, 0.5) is 13.2 Å². The van der Waals surface area contributed by atoms with Gasteiger partial charge in [-0.1, -0.05) is 12.1 Å². The first-order chi connectivity index (χ1) is 10.1. The molecule has 1 rings (SSSR count). The molecule has 1 atom stereocenters. The first-order valence-electron chi connectivity index (χ1n) is 6.78. The summed E-state index contributed by atoms with van der Waals surface area (Å²) in [6.07, 6.45) is -3.90. The van der Waals surface area contributed by atoms with Crippen LogP contribution < -0.4 is 5.32 Å². The molecule has 0 heterocycles. The Bertz CT molecular complexity index is 484. The van der Waals surface area contributed by atoms with Crippen molar-refractivity contribution in [2.24, 2.45) is 0 Å². The molecule has 1 aromatic rings. The number of nitrogens with one attached hydrogen (secondary N) is 1. The minimum Gasteiger partial charge on any atom is -0.386 e. The van der Waals surface area contributed by atoms with Crippen LogP contribution in [0.15, 0.2) is 24.3 Å². The lowest BCUT2D eigenvalue weighted by Crippen LogP contribution is -2.43. The Morgan fingerprint density at radius 3 is 2.36 bits per heavy atom.